The fraction of sp³-hybridized carbons (Fsp3) is 0.519. The van der Waals surface area contributed by atoms with Gasteiger partial charge in [0.15, 0.2) is 5.05 Å². The van der Waals surface area contributed by atoms with E-state index in [4.69, 9.17) is 17.0 Å². The molecular weight excluding hydrogens is 410 g/mol. The minimum Gasteiger partial charge on any atom is -0.445 e. The second kappa shape index (κ2) is 12.3. The van der Waals surface area contributed by atoms with Crippen molar-refractivity contribution < 1.29 is 13.5 Å². The zero-order valence-electron chi connectivity index (χ0n) is 18.5. The van der Waals surface area contributed by atoms with Crippen molar-refractivity contribution in [2.24, 2.45) is 5.92 Å². The van der Waals surface area contributed by atoms with E-state index < -0.39 is 6.43 Å². The van der Waals surface area contributed by atoms with Crippen LogP contribution >= 0.6 is 12.2 Å². The van der Waals surface area contributed by atoms with E-state index in [0.717, 1.165) is 5.92 Å². The molecule has 0 aromatic heterocycles. The lowest BCUT2D eigenvalue weighted by molar-refractivity contribution is 0.151. The highest BCUT2D eigenvalue weighted by atomic mass is 32.1. The average molecular weight is 445 g/mol. The van der Waals surface area contributed by atoms with Gasteiger partial charge in [0.1, 0.15) is 5.75 Å². The molecule has 2 aromatic carbocycles. The van der Waals surface area contributed by atoms with Crippen molar-refractivity contribution in [3.8, 4) is 5.75 Å². The molecule has 1 aliphatic rings. The van der Waals surface area contributed by atoms with Crippen LogP contribution in [-0.4, -0.2) is 5.05 Å². The Morgan fingerprint density at radius 3 is 2.16 bits per heavy atom. The molecule has 0 heterocycles. The number of benzene rings is 2. The third-order valence-electron chi connectivity index (χ3n) is 6.52. The lowest BCUT2D eigenvalue weighted by atomic mass is 9.77. The second-order valence-corrected chi connectivity index (χ2v) is 9.17. The van der Waals surface area contributed by atoms with Crippen LogP contribution in [0.2, 0.25) is 0 Å². The summed E-state index contributed by atoms with van der Waals surface area (Å²) in [6.07, 6.45) is 11.0. The first kappa shape index (κ1) is 23.8. The number of unbranched alkanes of at least 4 members (excludes halogenated alkanes) is 4. The predicted molar refractivity (Wildman–Crippen MR) is 128 cm³/mol. The molecule has 0 amide bonds. The van der Waals surface area contributed by atoms with Crippen LogP contribution in [0.15, 0.2) is 48.5 Å². The molecule has 1 aliphatic carbocycles. The van der Waals surface area contributed by atoms with Gasteiger partial charge in [-0.3, -0.25) is 0 Å². The highest BCUT2D eigenvalue weighted by molar-refractivity contribution is 7.80. The van der Waals surface area contributed by atoms with Crippen LogP contribution in [-0.2, 0) is 0 Å². The van der Waals surface area contributed by atoms with Crippen LogP contribution < -0.4 is 4.74 Å². The predicted octanol–water partition coefficient (Wildman–Crippen LogP) is 9.01. The van der Waals surface area contributed by atoms with Crippen molar-refractivity contribution in [2.45, 2.75) is 83.5 Å². The SMILES string of the molecule is CCCCCCC[C@H]1CC[C@H](c2ccc(OC(=S)c3ccc(C(F)F)cc3)cc2)CC1. The Bertz CT molecular complexity index is 793. The van der Waals surface area contributed by atoms with Gasteiger partial charge in [0.05, 0.1) is 0 Å². The molecule has 1 fully saturated rings. The van der Waals surface area contributed by atoms with Gasteiger partial charge in [-0.25, -0.2) is 8.78 Å². The fourth-order valence-electron chi connectivity index (χ4n) is 4.56. The summed E-state index contributed by atoms with van der Waals surface area (Å²) in [6, 6.07) is 14.2. The number of ether oxygens (including phenoxy) is 1. The van der Waals surface area contributed by atoms with E-state index in [0.29, 0.717) is 22.3 Å². The number of thiocarbonyl (C=S) groups is 1. The maximum Gasteiger partial charge on any atom is 0.263 e. The van der Waals surface area contributed by atoms with Gasteiger partial charge in [0.2, 0.25) is 0 Å². The summed E-state index contributed by atoms with van der Waals surface area (Å²) < 4.78 is 31.2. The quantitative estimate of drug-likeness (QED) is 0.267. The van der Waals surface area contributed by atoms with Crippen molar-refractivity contribution in [1.29, 1.82) is 0 Å². The third kappa shape index (κ3) is 7.38. The number of hydrogen-bond acceptors (Lipinski definition) is 2. The summed E-state index contributed by atoms with van der Waals surface area (Å²) in [5, 5.41) is 0.299. The first-order chi connectivity index (χ1) is 15.1. The maximum atomic E-state index is 12.7. The molecule has 3 rings (SSSR count). The number of rotatable bonds is 10. The van der Waals surface area contributed by atoms with Crippen molar-refractivity contribution in [2.75, 3.05) is 0 Å². The molecule has 4 heteroatoms. The standard InChI is InChI=1S/C27H34F2OS/c1-2-3-4-5-6-7-20-8-10-21(11-9-20)22-16-18-25(19-17-22)30-27(31)24-14-12-23(13-15-24)26(28)29/h12-21,26H,2-11H2,1H3/t20-,21-. The van der Waals surface area contributed by atoms with E-state index in [2.05, 4.69) is 19.1 Å². The smallest absolute Gasteiger partial charge is 0.263 e. The Balaban J connectivity index is 1.44. The minimum atomic E-state index is -2.48. The maximum absolute atomic E-state index is 12.7. The Labute approximate surface area is 191 Å². The fourth-order valence-corrected chi connectivity index (χ4v) is 4.79. The topological polar surface area (TPSA) is 9.23 Å². The van der Waals surface area contributed by atoms with Crippen LogP contribution in [0.1, 0.15) is 100 Å². The highest BCUT2D eigenvalue weighted by Crippen LogP contribution is 2.38. The van der Waals surface area contributed by atoms with Gasteiger partial charge >= 0.3 is 0 Å². The van der Waals surface area contributed by atoms with Crippen molar-refractivity contribution in [3.63, 3.8) is 0 Å². The van der Waals surface area contributed by atoms with Crippen molar-refractivity contribution in [3.05, 3.63) is 65.2 Å². The molecular formula is C27H34F2OS. The summed E-state index contributed by atoms with van der Waals surface area (Å²) in [7, 11) is 0. The van der Waals surface area contributed by atoms with Gasteiger partial charge in [0.25, 0.3) is 6.43 Å². The highest BCUT2D eigenvalue weighted by Gasteiger charge is 2.22. The van der Waals surface area contributed by atoms with E-state index in [1.54, 1.807) is 12.1 Å². The van der Waals surface area contributed by atoms with Crippen LogP contribution in [0.3, 0.4) is 0 Å². The number of halogens is 2. The summed E-state index contributed by atoms with van der Waals surface area (Å²) in [5.74, 6) is 2.24. The van der Waals surface area contributed by atoms with Crippen LogP contribution in [0.25, 0.3) is 0 Å². The minimum absolute atomic E-state index is 0.0119. The molecule has 31 heavy (non-hydrogen) atoms. The van der Waals surface area contributed by atoms with Gasteiger partial charge in [0, 0.05) is 11.1 Å². The van der Waals surface area contributed by atoms with Gasteiger partial charge in [-0.1, -0.05) is 69.7 Å². The molecule has 0 N–H and O–H groups in total. The lowest BCUT2D eigenvalue weighted by Crippen LogP contribution is -2.13. The van der Waals surface area contributed by atoms with Crippen molar-refractivity contribution >= 4 is 17.3 Å². The Morgan fingerprint density at radius 2 is 1.55 bits per heavy atom. The second-order valence-electron chi connectivity index (χ2n) is 8.80. The molecule has 0 saturated heterocycles. The molecule has 0 bridgehead atoms. The van der Waals surface area contributed by atoms with Crippen LogP contribution in [0, 0.1) is 5.92 Å². The molecule has 0 unspecified atom stereocenters. The molecule has 1 nitrogen and oxygen atoms in total. The van der Waals surface area contributed by atoms with E-state index in [-0.39, 0.29) is 5.56 Å². The Kier molecular flexibility index (Phi) is 9.45. The van der Waals surface area contributed by atoms with E-state index in [1.165, 1.54) is 81.9 Å². The molecule has 0 spiro atoms. The number of hydrogen-bond donors (Lipinski definition) is 0. The molecule has 2 aromatic rings. The summed E-state index contributed by atoms with van der Waals surface area (Å²) >= 11 is 5.33. The molecule has 1 saturated carbocycles. The van der Waals surface area contributed by atoms with Gasteiger partial charge in [-0.05, 0) is 79.6 Å². The van der Waals surface area contributed by atoms with Gasteiger partial charge in [-0.2, -0.15) is 0 Å². The molecule has 0 radical (unpaired) electrons. The van der Waals surface area contributed by atoms with E-state index in [1.807, 2.05) is 12.1 Å². The molecule has 168 valence electrons. The van der Waals surface area contributed by atoms with Crippen LogP contribution in [0.5, 0.6) is 5.75 Å². The molecule has 0 aliphatic heterocycles. The third-order valence-corrected chi connectivity index (χ3v) is 6.84. The van der Waals surface area contributed by atoms with Crippen molar-refractivity contribution in [1.82, 2.24) is 0 Å². The first-order valence-electron chi connectivity index (χ1n) is 11.8. The average Bonchev–Trinajstić information content (AvgIpc) is 2.80. The largest absolute Gasteiger partial charge is 0.445 e. The summed E-state index contributed by atoms with van der Waals surface area (Å²) in [4.78, 5) is 0. The first-order valence-corrected chi connectivity index (χ1v) is 12.2. The van der Waals surface area contributed by atoms with Crippen LogP contribution in [0.4, 0.5) is 8.78 Å². The van der Waals surface area contributed by atoms with E-state index >= 15 is 0 Å². The van der Waals surface area contributed by atoms with Gasteiger partial charge in [-0.15, -0.1) is 0 Å². The Hall–Kier alpha value is -1.81. The molecule has 0 atom stereocenters. The lowest BCUT2D eigenvalue weighted by Gasteiger charge is -2.29. The summed E-state index contributed by atoms with van der Waals surface area (Å²) in [6.45, 7) is 2.27. The van der Waals surface area contributed by atoms with E-state index in [9.17, 15) is 8.78 Å². The monoisotopic (exact) mass is 444 g/mol. The Morgan fingerprint density at radius 1 is 0.903 bits per heavy atom. The number of alkyl halides is 2. The normalized spacial score (nSPS) is 18.8. The van der Waals surface area contributed by atoms with Gasteiger partial charge < -0.3 is 4.74 Å². The zero-order valence-corrected chi connectivity index (χ0v) is 19.3. The summed E-state index contributed by atoms with van der Waals surface area (Å²) in [5.41, 5.74) is 2.00. The zero-order chi connectivity index (χ0) is 22.1.